The maximum atomic E-state index is 8.74. The second kappa shape index (κ2) is 4.71. The van der Waals surface area contributed by atoms with Gasteiger partial charge in [0.15, 0.2) is 0 Å². The largest absolute Gasteiger partial charge is 0.394 e. The molecule has 15 heavy (non-hydrogen) atoms. The maximum Gasteiger partial charge on any atom is 0.394 e. The first-order chi connectivity index (χ1) is 6.88. The van der Waals surface area contributed by atoms with Crippen molar-refractivity contribution in [3.05, 3.63) is 35.9 Å². The molecule has 2 rings (SSSR count). The highest BCUT2D eigenvalue weighted by Crippen LogP contribution is 2.38. The van der Waals surface area contributed by atoms with Gasteiger partial charge >= 0.3 is 10.4 Å². The molecule has 6 heteroatoms. The third-order valence-corrected chi connectivity index (χ3v) is 2.07. The molecule has 1 aromatic rings. The molecule has 0 bridgehead atoms. The van der Waals surface area contributed by atoms with Crippen LogP contribution in [0, 0.1) is 0 Å². The monoisotopic (exact) mass is 231 g/mol. The molecule has 0 radical (unpaired) electrons. The molecular weight excluding hydrogens is 218 g/mol. The maximum absolute atomic E-state index is 8.74. The zero-order valence-corrected chi connectivity index (χ0v) is 8.76. The molecule has 1 fully saturated rings. The third kappa shape index (κ3) is 5.48. The van der Waals surface area contributed by atoms with Gasteiger partial charge in [0.1, 0.15) is 0 Å². The number of rotatable bonds is 1. The first-order valence-corrected chi connectivity index (χ1v) is 5.78. The van der Waals surface area contributed by atoms with Gasteiger partial charge in [0.05, 0.1) is 0 Å². The second-order valence-corrected chi connectivity index (χ2v) is 4.26. The average molecular weight is 231 g/mol. The van der Waals surface area contributed by atoms with Crippen molar-refractivity contribution in [2.24, 2.45) is 5.73 Å². The van der Waals surface area contributed by atoms with Crippen LogP contribution in [0.1, 0.15) is 17.9 Å². The zero-order valence-electron chi connectivity index (χ0n) is 7.95. The summed E-state index contributed by atoms with van der Waals surface area (Å²) < 4.78 is 31.6. The molecular formula is C9H13NO4S. The van der Waals surface area contributed by atoms with Crippen molar-refractivity contribution in [1.29, 1.82) is 0 Å². The van der Waals surface area contributed by atoms with Gasteiger partial charge in [0.25, 0.3) is 0 Å². The van der Waals surface area contributed by atoms with Crippen LogP contribution in [0.15, 0.2) is 30.3 Å². The Morgan fingerprint density at radius 2 is 1.60 bits per heavy atom. The molecule has 0 aromatic heterocycles. The van der Waals surface area contributed by atoms with Crippen molar-refractivity contribution >= 4 is 10.4 Å². The van der Waals surface area contributed by atoms with Crippen molar-refractivity contribution in [2.75, 3.05) is 0 Å². The number of hydrogen-bond donors (Lipinski definition) is 3. The zero-order chi connectivity index (χ0) is 11.5. The lowest BCUT2D eigenvalue weighted by atomic mass is 10.1. The van der Waals surface area contributed by atoms with E-state index in [1.54, 1.807) is 0 Å². The summed E-state index contributed by atoms with van der Waals surface area (Å²) in [4.78, 5) is 0. The van der Waals surface area contributed by atoms with Gasteiger partial charge in [-0.25, -0.2) is 0 Å². The molecule has 2 atom stereocenters. The van der Waals surface area contributed by atoms with Gasteiger partial charge in [-0.2, -0.15) is 8.42 Å². The molecule has 0 saturated heterocycles. The molecule has 0 aliphatic heterocycles. The summed E-state index contributed by atoms with van der Waals surface area (Å²) in [5, 5.41) is 0. The molecule has 0 heterocycles. The van der Waals surface area contributed by atoms with Crippen LogP contribution in [0.3, 0.4) is 0 Å². The van der Waals surface area contributed by atoms with Crippen LogP contribution in [0.25, 0.3) is 0 Å². The fraction of sp³-hybridized carbons (Fsp3) is 0.333. The van der Waals surface area contributed by atoms with Gasteiger partial charge in [-0.15, -0.1) is 0 Å². The summed E-state index contributed by atoms with van der Waals surface area (Å²) in [7, 11) is -4.67. The Morgan fingerprint density at radius 1 is 1.20 bits per heavy atom. The fourth-order valence-corrected chi connectivity index (χ4v) is 1.30. The predicted molar refractivity (Wildman–Crippen MR) is 56.0 cm³/mol. The summed E-state index contributed by atoms with van der Waals surface area (Å²) >= 11 is 0. The van der Waals surface area contributed by atoms with Crippen LogP contribution in [-0.2, 0) is 10.4 Å². The van der Waals surface area contributed by atoms with Crippen LogP contribution >= 0.6 is 0 Å². The first kappa shape index (κ1) is 12.1. The van der Waals surface area contributed by atoms with Crippen molar-refractivity contribution in [2.45, 2.75) is 18.4 Å². The molecule has 1 aromatic carbocycles. The number of benzene rings is 1. The predicted octanol–water partition coefficient (Wildman–Crippen LogP) is 0.848. The lowest BCUT2D eigenvalue weighted by Gasteiger charge is -1.94. The van der Waals surface area contributed by atoms with Gasteiger partial charge < -0.3 is 5.73 Å². The minimum atomic E-state index is -4.67. The molecule has 0 unspecified atom stereocenters. The van der Waals surface area contributed by atoms with E-state index in [2.05, 4.69) is 24.3 Å². The summed E-state index contributed by atoms with van der Waals surface area (Å²) in [6, 6.07) is 10.9. The highest BCUT2D eigenvalue weighted by molar-refractivity contribution is 7.79. The Morgan fingerprint density at radius 3 is 1.93 bits per heavy atom. The van der Waals surface area contributed by atoms with Crippen molar-refractivity contribution < 1.29 is 17.5 Å². The topological polar surface area (TPSA) is 101 Å². The van der Waals surface area contributed by atoms with Crippen molar-refractivity contribution in [3.8, 4) is 0 Å². The Hall–Kier alpha value is -0.950. The standard InChI is InChI=1S/C9H11N.H2O4S/c10-9-6-8(9)7-4-2-1-3-5-7;1-5(2,3)4/h1-5,8-9H,6,10H2;(H2,1,2,3,4)/t8-,9+;/m1./s1. The van der Waals surface area contributed by atoms with Crippen LogP contribution < -0.4 is 5.73 Å². The van der Waals surface area contributed by atoms with E-state index in [4.69, 9.17) is 23.3 Å². The van der Waals surface area contributed by atoms with Gasteiger partial charge in [0.2, 0.25) is 0 Å². The molecule has 1 aliphatic carbocycles. The Kier molecular flexibility index (Phi) is 3.81. The highest BCUT2D eigenvalue weighted by atomic mass is 32.3. The number of nitrogens with two attached hydrogens (primary N) is 1. The van der Waals surface area contributed by atoms with E-state index in [1.165, 1.54) is 12.0 Å². The molecule has 1 aliphatic rings. The van der Waals surface area contributed by atoms with E-state index in [0.29, 0.717) is 12.0 Å². The lowest BCUT2D eigenvalue weighted by molar-refractivity contribution is 0.381. The van der Waals surface area contributed by atoms with Crippen LogP contribution in [0.5, 0.6) is 0 Å². The Balaban J connectivity index is 0.000000195. The number of hydrogen-bond acceptors (Lipinski definition) is 3. The Labute approximate surface area is 88.5 Å². The van der Waals surface area contributed by atoms with Gasteiger partial charge in [-0.05, 0) is 12.0 Å². The molecule has 1 saturated carbocycles. The highest BCUT2D eigenvalue weighted by Gasteiger charge is 2.34. The molecule has 84 valence electrons. The third-order valence-electron chi connectivity index (χ3n) is 2.07. The first-order valence-electron chi connectivity index (χ1n) is 4.38. The van der Waals surface area contributed by atoms with E-state index < -0.39 is 10.4 Å². The second-order valence-electron chi connectivity index (χ2n) is 3.36. The Bertz CT molecular complexity index is 395. The fourth-order valence-electron chi connectivity index (χ4n) is 1.30. The summed E-state index contributed by atoms with van der Waals surface area (Å²) in [6.45, 7) is 0. The SMILES string of the molecule is N[C@H]1C[C@@H]1c1ccccc1.O=S(=O)(O)O. The molecule has 4 N–H and O–H groups in total. The summed E-state index contributed by atoms with van der Waals surface area (Å²) in [5.74, 6) is 0.654. The van der Waals surface area contributed by atoms with Gasteiger partial charge in [-0.1, -0.05) is 30.3 Å². The van der Waals surface area contributed by atoms with E-state index >= 15 is 0 Å². The molecule has 5 nitrogen and oxygen atoms in total. The molecule has 0 amide bonds. The van der Waals surface area contributed by atoms with Crippen LogP contribution in [0.2, 0.25) is 0 Å². The van der Waals surface area contributed by atoms with Crippen LogP contribution in [0.4, 0.5) is 0 Å². The van der Waals surface area contributed by atoms with Crippen molar-refractivity contribution in [3.63, 3.8) is 0 Å². The van der Waals surface area contributed by atoms with E-state index in [0.717, 1.165) is 0 Å². The van der Waals surface area contributed by atoms with E-state index in [-0.39, 0.29) is 0 Å². The smallest absolute Gasteiger partial charge is 0.327 e. The lowest BCUT2D eigenvalue weighted by Crippen LogP contribution is -2.00. The average Bonchev–Trinajstić information content (AvgIpc) is 2.81. The quantitative estimate of drug-likeness (QED) is 0.622. The van der Waals surface area contributed by atoms with Gasteiger partial charge in [-0.3, -0.25) is 9.11 Å². The molecule has 0 spiro atoms. The van der Waals surface area contributed by atoms with Crippen LogP contribution in [-0.4, -0.2) is 23.6 Å². The van der Waals surface area contributed by atoms with Gasteiger partial charge in [0, 0.05) is 12.0 Å². The van der Waals surface area contributed by atoms with E-state index in [9.17, 15) is 0 Å². The normalized spacial score (nSPS) is 23.9. The van der Waals surface area contributed by atoms with Crippen molar-refractivity contribution in [1.82, 2.24) is 0 Å². The summed E-state index contributed by atoms with van der Waals surface area (Å²) in [5.41, 5.74) is 7.10. The summed E-state index contributed by atoms with van der Waals surface area (Å²) in [6.07, 6.45) is 1.17. The van der Waals surface area contributed by atoms with E-state index in [1.807, 2.05) is 6.07 Å². The minimum absolute atomic E-state index is 0.433. The minimum Gasteiger partial charge on any atom is -0.327 e.